The van der Waals surface area contributed by atoms with Crippen LogP contribution in [0.4, 0.5) is 0 Å². The van der Waals surface area contributed by atoms with Gasteiger partial charge in [0.1, 0.15) is 0 Å². The van der Waals surface area contributed by atoms with Gasteiger partial charge in [-0.25, -0.2) is 0 Å². The first-order valence-corrected chi connectivity index (χ1v) is 19.9. The molecule has 0 saturated carbocycles. The Labute approximate surface area is 328 Å². The van der Waals surface area contributed by atoms with Crippen LogP contribution in [0.1, 0.15) is 22.3 Å². The zero-order valence-electron chi connectivity index (χ0n) is 31.1. The molecule has 0 heterocycles. The zero-order valence-corrected chi connectivity index (χ0v) is 31.1. The minimum Gasteiger partial charge on any atom is -0.0761 e. The molecular formula is C56H40. The number of hydrogen-bond acceptors (Lipinski definition) is 0. The Balaban J connectivity index is 1.16. The van der Waals surface area contributed by atoms with E-state index < -0.39 is 0 Å². The predicted molar refractivity (Wildman–Crippen MR) is 237 cm³/mol. The first kappa shape index (κ1) is 32.7. The molecule has 0 heteroatoms. The summed E-state index contributed by atoms with van der Waals surface area (Å²) < 4.78 is 0. The Bertz CT molecular complexity index is 2960. The summed E-state index contributed by atoms with van der Waals surface area (Å²) in [5, 5.41) is 7.86. The molecule has 0 nitrogen and oxygen atoms in total. The number of hydrogen-bond donors (Lipinski definition) is 0. The van der Waals surface area contributed by atoms with Crippen LogP contribution in [0.3, 0.4) is 0 Å². The molecule has 0 saturated heterocycles. The Morgan fingerprint density at radius 1 is 0.321 bits per heavy atom. The highest BCUT2D eigenvalue weighted by Gasteiger charge is 2.34. The van der Waals surface area contributed by atoms with E-state index in [1.165, 1.54) is 87.7 Å². The Kier molecular flexibility index (Phi) is 7.88. The summed E-state index contributed by atoms with van der Waals surface area (Å²) in [5.41, 5.74) is 13.2. The van der Waals surface area contributed by atoms with Crippen LogP contribution in [0.2, 0.25) is 0 Å². The number of benzene rings is 7. The molecular weight excluding hydrogens is 673 g/mol. The van der Waals surface area contributed by atoms with Gasteiger partial charge in [0.15, 0.2) is 0 Å². The molecule has 0 fully saturated rings. The quantitative estimate of drug-likeness (QED) is 0.156. The van der Waals surface area contributed by atoms with Crippen molar-refractivity contribution in [1.29, 1.82) is 0 Å². The topological polar surface area (TPSA) is 0 Å². The Hall–Kier alpha value is -6.76. The van der Waals surface area contributed by atoms with Gasteiger partial charge in [-0.1, -0.05) is 218 Å². The average molecular weight is 713 g/mol. The summed E-state index contributed by atoms with van der Waals surface area (Å²) >= 11 is 0. The summed E-state index contributed by atoms with van der Waals surface area (Å²) in [6, 6.07) is 58.1. The van der Waals surface area contributed by atoms with E-state index in [-0.39, 0.29) is 11.8 Å². The Morgan fingerprint density at radius 2 is 0.768 bits per heavy atom. The van der Waals surface area contributed by atoms with Crippen molar-refractivity contribution in [3.8, 4) is 11.1 Å². The first-order valence-electron chi connectivity index (χ1n) is 19.9. The molecule has 0 spiro atoms. The largest absolute Gasteiger partial charge is 0.0761 e. The van der Waals surface area contributed by atoms with Crippen molar-refractivity contribution in [2.75, 3.05) is 0 Å². The third-order valence-electron chi connectivity index (χ3n) is 12.4. The predicted octanol–water partition coefficient (Wildman–Crippen LogP) is 12.3. The molecule has 0 aromatic heterocycles. The van der Waals surface area contributed by atoms with Crippen molar-refractivity contribution >= 4 is 43.8 Å². The number of fused-ring (bicyclic) bond motifs is 5. The molecule has 0 bridgehead atoms. The fourth-order valence-electron chi connectivity index (χ4n) is 9.95. The van der Waals surface area contributed by atoms with E-state index in [1.54, 1.807) is 0 Å². The molecule has 0 N–H and O–H groups in total. The molecule has 7 aromatic carbocycles. The number of allylic oxidation sites excluding steroid dienone is 12. The average Bonchev–Trinajstić information content (AvgIpc) is 3.28. The molecule has 56 heavy (non-hydrogen) atoms. The van der Waals surface area contributed by atoms with Gasteiger partial charge in [-0.3, -0.25) is 0 Å². The summed E-state index contributed by atoms with van der Waals surface area (Å²) in [6.07, 6.45) is 23.9. The van der Waals surface area contributed by atoms with E-state index in [0.29, 0.717) is 11.8 Å². The molecule has 4 aliphatic carbocycles. The third-order valence-corrected chi connectivity index (χ3v) is 12.4. The second kappa shape index (κ2) is 13.5. The molecule has 264 valence electrons. The molecule has 0 radical (unpaired) electrons. The lowest BCUT2D eigenvalue weighted by atomic mass is 9.68. The van der Waals surface area contributed by atoms with E-state index >= 15 is 0 Å². The lowest BCUT2D eigenvalue weighted by Gasteiger charge is -2.35. The minimum atomic E-state index is 0.166. The van der Waals surface area contributed by atoms with Crippen LogP contribution in [0.25, 0.3) is 55.0 Å². The molecule has 4 unspecified atom stereocenters. The van der Waals surface area contributed by atoms with Crippen molar-refractivity contribution in [2.45, 2.75) is 0 Å². The summed E-state index contributed by atoms with van der Waals surface area (Å²) in [7, 11) is 0. The van der Waals surface area contributed by atoms with E-state index in [4.69, 9.17) is 0 Å². The van der Waals surface area contributed by atoms with Gasteiger partial charge in [0.05, 0.1) is 0 Å². The van der Waals surface area contributed by atoms with Crippen LogP contribution in [0.15, 0.2) is 218 Å². The summed E-state index contributed by atoms with van der Waals surface area (Å²) in [4.78, 5) is 0. The van der Waals surface area contributed by atoms with Gasteiger partial charge in [0, 0.05) is 23.7 Å². The van der Waals surface area contributed by atoms with Gasteiger partial charge in [0.25, 0.3) is 0 Å². The van der Waals surface area contributed by atoms with Crippen LogP contribution in [0, 0.1) is 23.7 Å². The van der Waals surface area contributed by atoms with E-state index in [9.17, 15) is 0 Å². The summed E-state index contributed by atoms with van der Waals surface area (Å²) in [6.45, 7) is 0. The second-order valence-electron chi connectivity index (χ2n) is 15.4. The third kappa shape index (κ3) is 5.29. The smallest absolute Gasteiger partial charge is 0.0138 e. The lowest BCUT2D eigenvalue weighted by molar-refractivity contribution is 0.665. The molecule has 0 aliphatic heterocycles. The minimum absolute atomic E-state index is 0.166. The van der Waals surface area contributed by atoms with Crippen LogP contribution < -0.4 is 10.4 Å². The number of rotatable bonds is 5. The molecule has 0 amide bonds. The van der Waals surface area contributed by atoms with Gasteiger partial charge in [-0.2, -0.15) is 0 Å². The Morgan fingerprint density at radius 3 is 1.39 bits per heavy atom. The normalized spacial score (nSPS) is 20.7. The van der Waals surface area contributed by atoms with E-state index in [0.717, 1.165) is 0 Å². The molecule has 11 rings (SSSR count). The van der Waals surface area contributed by atoms with Crippen molar-refractivity contribution in [2.24, 2.45) is 23.7 Å². The summed E-state index contributed by atoms with van der Waals surface area (Å²) in [5.74, 6) is 0.996. The van der Waals surface area contributed by atoms with Gasteiger partial charge in [-0.05, 0) is 87.7 Å². The van der Waals surface area contributed by atoms with Crippen molar-refractivity contribution in [3.63, 3.8) is 0 Å². The molecule has 4 atom stereocenters. The molecule has 7 aromatic rings. The maximum Gasteiger partial charge on any atom is 0.0138 e. The van der Waals surface area contributed by atoms with Gasteiger partial charge < -0.3 is 0 Å². The van der Waals surface area contributed by atoms with Gasteiger partial charge in [-0.15, -0.1) is 0 Å². The van der Waals surface area contributed by atoms with Crippen LogP contribution in [0.5, 0.6) is 0 Å². The fraction of sp³-hybridized carbons (Fsp3) is 0.0714. The highest BCUT2D eigenvalue weighted by molar-refractivity contribution is 6.17. The van der Waals surface area contributed by atoms with Crippen LogP contribution in [-0.4, -0.2) is 0 Å². The standard InChI is InChI=1S/C56H40/c1-3-17-37(18-4-1)39-31-32-41-36-42(34-33-40(41)35-39)53-45-23-9-13-27-49(45)55(50-28-14-10-24-46(50)53)56-51-29-15-11-25-47(51)54(48-26-12-16-30-52(48)56)44-22-8-7-21-43(44)38-19-5-2-6-20-38/h1-36,40-41,47,51H. The van der Waals surface area contributed by atoms with Crippen molar-refractivity contribution in [1.82, 2.24) is 0 Å². The lowest BCUT2D eigenvalue weighted by Crippen LogP contribution is -2.40. The van der Waals surface area contributed by atoms with Gasteiger partial charge in [0.2, 0.25) is 0 Å². The van der Waals surface area contributed by atoms with E-state index in [2.05, 4.69) is 218 Å². The first-order chi connectivity index (χ1) is 27.8. The fourth-order valence-corrected chi connectivity index (χ4v) is 9.95. The maximum absolute atomic E-state index is 2.51. The highest BCUT2D eigenvalue weighted by Crippen LogP contribution is 2.48. The van der Waals surface area contributed by atoms with Gasteiger partial charge >= 0.3 is 0 Å². The van der Waals surface area contributed by atoms with Crippen molar-refractivity contribution < 1.29 is 0 Å². The second-order valence-corrected chi connectivity index (χ2v) is 15.4. The monoisotopic (exact) mass is 712 g/mol. The SMILES string of the molecule is C1=CC2C(c3ccccc3-c3ccccc3)=c3ccccc3=C(c3c4ccccc4c(C4=CC5C=CC(c6ccccc6)=CC5C=C4)c4ccccc34)C2C=C1. The van der Waals surface area contributed by atoms with Crippen LogP contribution in [-0.2, 0) is 0 Å². The highest BCUT2D eigenvalue weighted by atomic mass is 14.4. The van der Waals surface area contributed by atoms with Crippen LogP contribution >= 0.6 is 0 Å². The van der Waals surface area contributed by atoms with E-state index in [1.807, 2.05) is 0 Å². The maximum atomic E-state index is 2.51. The zero-order chi connectivity index (χ0) is 37.0. The molecule has 4 aliphatic rings. The van der Waals surface area contributed by atoms with Crippen molar-refractivity contribution in [3.05, 3.63) is 251 Å².